The lowest BCUT2D eigenvalue weighted by molar-refractivity contribution is 0.0273. The van der Waals surface area contributed by atoms with Gasteiger partial charge < -0.3 is 5.73 Å². The smallest absolute Gasteiger partial charge is 0.0476 e. The van der Waals surface area contributed by atoms with Gasteiger partial charge in [-0.05, 0) is 55.7 Å². The summed E-state index contributed by atoms with van der Waals surface area (Å²) in [4.78, 5) is 2.77. The predicted molar refractivity (Wildman–Crippen MR) is 89.3 cm³/mol. The molecule has 1 aromatic rings. The minimum atomic E-state index is 0.423. The topological polar surface area (TPSA) is 29.3 Å². The first kappa shape index (κ1) is 15.1. The van der Waals surface area contributed by atoms with Crippen molar-refractivity contribution in [3.05, 3.63) is 35.4 Å². The van der Waals surface area contributed by atoms with E-state index in [1.165, 1.54) is 56.2 Å². The van der Waals surface area contributed by atoms with Gasteiger partial charge in [-0.25, -0.2) is 0 Å². The molecule has 2 fully saturated rings. The number of nitrogens with two attached hydrogens (primary N) is 1. The van der Waals surface area contributed by atoms with Crippen LogP contribution in [-0.4, -0.2) is 24.0 Å². The van der Waals surface area contributed by atoms with Gasteiger partial charge in [0.05, 0.1) is 0 Å². The van der Waals surface area contributed by atoms with E-state index in [1.807, 2.05) is 0 Å². The van der Waals surface area contributed by atoms with E-state index in [9.17, 15) is 0 Å². The van der Waals surface area contributed by atoms with Crippen molar-refractivity contribution in [3.8, 4) is 0 Å². The lowest BCUT2D eigenvalue weighted by Crippen LogP contribution is -2.50. The molecule has 2 aliphatic rings. The maximum Gasteiger partial charge on any atom is 0.0476 e. The molecule has 1 aliphatic heterocycles. The van der Waals surface area contributed by atoms with Gasteiger partial charge in [-0.3, -0.25) is 4.90 Å². The number of rotatable bonds is 4. The van der Waals surface area contributed by atoms with Gasteiger partial charge in [-0.15, -0.1) is 0 Å². The highest BCUT2D eigenvalue weighted by Crippen LogP contribution is 2.39. The third-order valence-corrected chi connectivity index (χ3v) is 5.70. The molecule has 1 saturated heterocycles. The summed E-state index contributed by atoms with van der Waals surface area (Å²) in [6.07, 6.45) is 9.57. The highest BCUT2D eigenvalue weighted by atomic mass is 15.2. The van der Waals surface area contributed by atoms with Gasteiger partial charge in [0.15, 0.2) is 0 Å². The van der Waals surface area contributed by atoms with Crippen LogP contribution in [0, 0.1) is 5.92 Å². The van der Waals surface area contributed by atoms with Gasteiger partial charge >= 0.3 is 0 Å². The van der Waals surface area contributed by atoms with E-state index in [0.717, 1.165) is 24.9 Å². The number of fused-ring (bicyclic) bond motifs is 1. The lowest BCUT2D eigenvalue weighted by atomic mass is 9.77. The summed E-state index contributed by atoms with van der Waals surface area (Å²) in [6.45, 7) is 4.24. The number of benzene rings is 1. The average Bonchev–Trinajstić information content (AvgIpc) is 2.56. The fourth-order valence-corrected chi connectivity index (χ4v) is 4.67. The summed E-state index contributed by atoms with van der Waals surface area (Å²) in [5.74, 6) is 0.926. The van der Waals surface area contributed by atoms with E-state index in [1.54, 1.807) is 0 Å². The Labute approximate surface area is 129 Å². The standard InChI is InChI=1S/C19H30N2/c1-2-15-8-3-5-11-17(15)19(14-20)21-13-7-10-16-9-4-6-12-18(16)21/h3,5,8,11,16,18-19H,2,4,6-7,9-10,12-14,20H2,1H3/t16-,18-,19?/m1/s1. The molecule has 0 amide bonds. The number of nitrogens with zero attached hydrogens (tertiary/aromatic N) is 1. The molecule has 1 aromatic carbocycles. The number of piperidine rings is 1. The molecule has 0 spiro atoms. The Bertz CT molecular complexity index is 455. The molecular weight excluding hydrogens is 256 g/mol. The van der Waals surface area contributed by atoms with E-state index in [-0.39, 0.29) is 0 Å². The van der Waals surface area contributed by atoms with Crippen molar-refractivity contribution in [2.75, 3.05) is 13.1 Å². The summed E-state index contributed by atoms with van der Waals surface area (Å²) in [5, 5.41) is 0. The Hall–Kier alpha value is -0.860. The Kier molecular flexibility index (Phi) is 4.97. The van der Waals surface area contributed by atoms with Crippen LogP contribution in [0.1, 0.15) is 62.6 Å². The van der Waals surface area contributed by atoms with Gasteiger partial charge in [0, 0.05) is 18.6 Å². The third-order valence-electron chi connectivity index (χ3n) is 5.70. The molecular formula is C19H30N2. The molecule has 0 bridgehead atoms. The molecule has 1 aliphatic carbocycles. The van der Waals surface area contributed by atoms with Crippen molar-refractivity contribution < 1.29 is 0 Å². The molecule has 1 unspecified atom stereocenters. The van der Waals surface area contributed by atoms with Crippen LogP contribution < -0.4 is 5.73 Å². The van der Waals surface area contributed by atoms with Crippen LogP contribution in [0.2, 0.25) is 0 Å². The number of aryl methyl sites for hydroxylation is 1. The summed E-state index contributed by atoms with van der Waals surface area (Å²) in [7, 11) is 0. The minimum absolute atomic E-state index is 0.423. The quantitative estimate of drug-likeness (QED) is 0.909. The molecule has 2 nitrogen and oxygen atoms in total. The van der Waals surface area contributed by atoms with Crippen molar-refractivity contribution in [2.45, 2.75) is 64.0 Å². The van der Waals surface area contributed by atoms with Crippen LogP contribution in [0.5, 0.6) is 0 Å². The molecule has 3 rings (SSSR count). The van der Waals surface area contributed by atoms with Crippen molar-refractivity contribution >= 4 is 0 Å². The van der Waals surface area contributed by atoms with Gasteiger partial charge in [0.1, 0.15) is 0 Å². The largest absolute Gasteiger partial charge is 0.329 e. The molecule has 1 heterocycles. The zero-order valence-electron chi connectivity index (χ0n) is 13.4. The highest BCUT2D eigenvalue weighted by molar-refractivity contribution is 5.30. The van der Waals surface area contributed by atoms with Crippen LogP contribution in [0.25, 0.3) is 0 Å². The maximum atomic E-state index is 6.24. The molecule has 0 aromatic heterocycles. The normalized spacial score (nSPS) is 28.1. The highest BCUT2D eigenvalue weighted by Gasteiger charge is 2.36. The first-order valence-electron chi connectivity index (χ1n) is 8.88. The summed E-state index contributed by atoms with van der Waals surface area (Å²) in [6, 6.07) is 10.1. The van der Waals surface area contributed by atoms with Crippen molar-refractivity contribution in [3.63, 3.8) is 0 Å². The number of hydrogen-bond acceptors (Lipinski definition) is 2. The summed E-state index contributed by atoms with van der Waals surface area (Å²) < 4.78 is 0. The summed E-state index contributed by atoms with van der Waals surface area (Å²) in [5.41, 5.74) is 9.20. The Morgan fingerprint density at radius 2 is 1.90 bits per heavy atom. The van der Waals surface area contributed by atoms with E-state index >= 15 is 0 Å². The van der Waals surface area contributed by atoms with Gasteiger partial charge in [-0.1, -0.05) is 44.0 Å². The van der Waals surface area contributed by atoms with E-state index in [4.69, 9.17) is 5.73 Å². The second-order valence-electron chi connectivity index (χ2n) is 6.80. The fraction of sp³-hybridized carbons (Fsp3) is 0.684. The maximum absolute atomic E-state index is 6.24. The molecule has 0 radical (unpaired) electrons. The number of hydrogen-bond donors (Lipinski definition) is 1. The Morgan fingerprint density at radius 1 is 1.14 bits per heavy atom. The predicted octanol–water partition coefficient (Wildman–Crippen LogP) is 3.90. The van der Waals surface area contributed by atoms with E-state index < -0.39 is 0 Å². The van der Waals surface area contributed by atoms with Crippen LogP contribution in [0.4, 0.5) is 0 Å². The van der Waals surface area contributed by atoms with Crippen LogP contribution in [0.3, 0.4) is 0 Å². The van der Waals surface area contributed by atoms with Crippen molar-refractivity contribution in [2.24, 2.45) is 11.7 Å². The lowest BCUT2D eigenvalue weighted by Gasteiger charge is -2.48. The molecule has 2 N–H and O–H groups in total. The monoisotopic (exact) mass is 286 g/mol. The van der Waals surface area contributed by atoms with Crippen molar-refractivity contribution in [1.82, 2.24) is 4.90 Å². The second kappa shape index (κ2) is 6.93. The van der Waals surface area contributed by atoms with Gasteiger partial charge in [0.25, 0.3) is 0 Å². The van der Waals surface area contributed by atoms with Crippen LogP contribution in [0.15, 0.2) is 24.3 Å². The first-order chi connectivity index (χ1) is 10.3. The second-order valence-corrected chi connectivity index (χ2v) is 6.80. The van der Waals surface area contributed by atoms with Crippen molar-refractivity contribution in [1.29, 1.82) is 0 Å². The molecule has 1 saturated carbocycles. The van der Waals surface area contributed by atoms with E-state index in [2.05, 4.69) is 36.1 Å². The fourth-order valence-electron chi connectivity index (χ4n) is 4.67. The zero-order valence-corrected chi connectivity index (χ0v) is 13.4. The first-order valence-corrected chi connectivity index (χ1v) is 8.88. The minimum Gasteiger partial charge on any atom is -0.329 e. The Balaban J connectivity index is 1.87. The SMILES string of the molecule is CCc1ccccc1C(CN)N1CCC[C@H]2CCCC[C@H]21. The molecule has 2 heteroatoms. The van der Waals surface area contributed by atoms with Gasteiger partial charge in [-0.2, -0.15) is 0 Å². The number of likely N-dealkylation sites (tertiary alicyclic amines) is 1. The Morgan fingerprint density at radius 3 is 2.71 bits per heavy atom. The van der Waals surface area contributed by atoms with Crippen LogP contribution >= 0.6 is 0 Å². The molecule has 116 valence electrons. The van der Waals surface area contributed by atoms with Gasteiger partial charge in [0.2, 0.25) is 0 Å². The third kappa shape index (κ3) is 3.02. The molecule has 21 heavy (non-hydrogen) atoms. The van der Waals surface area contributed by atoms with E-state index in [0.29, 0.717) is 6.04 Å². The molecule has 3 atom stereocenters. The van der Waals surface area contributed by atoms with Crippen LogP contribution in [-0.2, 0) is 6.42 Å². The average molecular weight is 286 g/mol. The zero-order chi connectivity index (χ0) is 14.7. The summed E-state index contributed by atoms with van der Waals surface area (Å²) >= 11 is 0.